The van der Waals surface area contributed by atoms with Gasteiger partial charge in [-0.2, -0.15) is 0 Å². The summed E-state index contributed by atoms with van der Waals surface area (Å²) in [6.45, 7) is 5.53. The molecule has 5 heteroatoms. The van der Waals surface area contributed by atoms with E-state index in [1.807, 2.05) is 26.1 Å². The summed E-state index contributed by atoms with van der Waals surface area (Å²) in [5.41, 5.74) is 0.762. The van der Waals surface area contributed by atoms with E-state index in [0.29, 0.717) is 12.6 Å². The van der Waals surface area contributed by atoms with Crippen LogP contribution < -0.4 is 5.32 Å². The molecule has 0 atom stereocenters. The van der Waals surface area contributed by atoms with Gasteiger partial charge in [-0.1, -0.05) is 0 Å². The molecule has 0 spiro atoms. The number of carbonyl (C=O) groups is 1. The second kappa shape index (κ2) is 7.27. The molecular weight excluding hydrogens is 320 g/mol. The lowest BCUT2D eigenvalue weighted by Gasteiger charge is -2.09. The molecule has 0 unspecified atom stereocenters. The fourth-order valence-corrected chi connectivity index (χ4v) is 2.56. The quantitative estimate of drug-likeness (QED) is 0.734. The van der Waals surface area contributed by atoms with Gasteiger partial charge in [-0.15, -0.1) is 0 Å². The number of nitrogens with one attached hydrogen (secondary N) is 1. The Bertz CT molecular complexity index is 453. The van der Waals surface area contributed by atoms with Crippen LogP contribution in [-0.2, 0) is 4.74 Å². The lowest BCUT2D eigenvalue weighted by Crippen LogP contribution is -2.26. The van der Waals surface area contributed by atoms with Gasteiger partial charge in [0.2, 0.25) is 0 Å². The fraction of sp³-hybridized carbons (Fsp3) is 0.667. The Hall–Kier alpha value is -0.810. The molecule has 1 saturated carbocycles. The molecule has 1 heterocycles. The number of hydrogen-bond acceptors (Lipinski definition) is 2. The molecule has 0 radical (unpaired) electrons. The Morgan fingerprint density at radius 2 is 2.25 bits per heavy atom. The maximum Gasteiger partial charge on any atom is 0.267 e. The highest BCUT2D eigenvalue weighted by Crippen LogP contribution is 2.37. The lowest BCUT2D eigenvalue weighted by molar-refractivity contribution is 0.0754. The first kappa shape index (κ1) is 15.6. The SMILES string of the molecule is CC(C)OCCCCNC(=O)c1cc(Br)cn1C1CC1. The Morgan fingerprint density at radius 3 is 2.90 bits per heavy atom. The standard InChI is InChI=1S/C15H23BrN2O2/c1-11(2)20-8-4-3-7-17-15(19)14-9-12(16)10-18(14)13-5-6-13/h9-11,13H,3-8H2,1-2H3,(H,17,19). The monoisotopic (exact) mass is 342 g/mol. The third-order valence-corrected chi connectivity index (χ3v) is 3.73. The molecule has 4 nitrogen and oxygen atoms in total. The third-order valence-electron chi connectivity index (χ3n) is 3.30. The predicted octanol–water partition coefficient (Wildman–Crippen LogP) is 3.52. The summed E-state index contributed by atoms with van der Waals surface area (Å²) < 4.78 is 8.53. The van der Waals surface area contributed by atoms with E-state index in [1.54, 1.807) is 0 Å². The maximum atomic E-state index is 12.2. The van der Waals surface area contributed by atoms with Gasteiger partial charge in [0.15, 0.2) is 0 Å². The molecule has 1 N–H and O–H groups in total. The molecule has 0 aromatic carbocycles. The maximum absolute atomic E-state index is 12.2. The topological polar surface area (TPSA) is 43.3 Å². The molecule has 1 fully saturated rings. The van der Waals surface area contributed by atoms with E-state index < -0.39 is 0 Å². The molecule has 0 bridgehead atoms. The van der Waals surface area contributed by atoms with Crippen molar-refractivity contribution in [1.29, 1.82) is 0 Å². The Balaban J connectivity index is 1.72. The van der Waals surface area contributed by atoms with E-state index in [4.69, 9.17) is 4.74 Å². The number of amides is 1. The normalized spacial score (nSPS) is 14.8. The van der Waals surface area contributed by atoms with Gasteiger partial charge in [0.05, 0.1) is 6.10 Å². The van der Waals surface area contributed by atoms with Gasteiger partial charge in [-0.3, -0.25) is 4.79 Å². The van der Waals surface area contributed by atoms with Crippen LogP contribution in [0.25, 0.3) is 0 Å². The minimum atomic E-state index is 0.0207. The minimum Gasteiger partial charge on any atom is -0.379 e. The third kappa shape index (κ3) is 4.63. The number of aromatic nitrogens is 1. The first-order valence-electron chi connectivity index (χ1n) is 7.35. The van der Waals surface area contributed by atoms with Crippen LogP contribution in [0.2, 0.25) is 0 Å². The van der Waals surface area contributed by atoms with Crippen molar-refractivity contribution >= 4 is 21.8 Å². The highest BCUT2D eigenvalue weighted by Gasteiger charge is 2.27. The van der Waals surface area contributed by atoms with E-state index >= 15 is 0 Å². The molecule has 112 valence electrons. The van der Waals surface area contributed by atoms with Crippen LogP contribution in [0.1, 0.15) is 56.1 Å². The predicted molar refractivity (Wildman–Crippen MR) is 83.1 cm³/mol. The molecule has 1 aliphatic carbocycles. The fourth-order valence-electron chi connectivity index (χ4n) is 2.12. The van der Waals surface area contributed by atoms with Crippen molar-refractivity contribution in [2.75, 3.05) is 13.2 Å². The van der Waals surface area contributed by atoms with E-state index in [1.165, 1.54) is 12.8 Å². The molecule has 1 aromatic heterocycles. The van der Waals surface area contributed by atoms with Crippen LogP contribution in [0.3, 0.4) is 0 Å². The number of hydrogen-bond donors (Lipinski definition) is 1. The summed E-state index contributed by atoms with van der Waals surface area (Å²) in [6, 6.07) is 2.41. The largest absolute Gasteiger partial charge is 0.379 e. The Kier molecular flexibility index (Phi) is 5.66. The molecule has 0 saturated heterocycles. The van der Waals surface area contributed by atoms with E-state index in [9.17, 15) is 4.79 Å². The molecular formula is C15H23BrN2O2. The Labute approximate surface area is 129 Å². The lowest BCUT2D eigenvalue weighted by atomic mass is 10.3. The van der Waals surface area contributed by atoms with Crippen LogP contribution in [0.4, 0.5) is 0 Å². The van der Waals surface area contributed by atoms with Gasteiger partial charge in [0.1, 0.15) is 5.69 Å². The minimum absolute atomic E-state index is 0.0207. The number of ether oxygens (including phenoxy) is 1. The van der Waals surface area contributed by atoms with Crippen molar-refractivity contribution in [2.45, 2.75) is 51.7 Å². The van der Waals surface area contributed by atoms with Crippen LogP contribution in [-0.4, -0.2) is 29.7 Å². The molecule has 2 rings (SSSR count). The average molecular weight is 343 g/mol. The molecule has 1 aliphatic rings. The Morgan fingerprint density at radius 1 is 1.50 bits per heavy atom. The van der Waals surface area contributed by atoms with Gasteiger partial charge in [0, 0.05) is 29.9 Å². The molecule has 20 heavy (non-hydrogen) atoms. The van der Waals surface area contributed by atoms with Gasteiger partial charge in [-0.05, 0) is 61.5 Å². The number of nitrogens with zero attached hydrogens (tertiary/aromatic N) is 1. The summed E-state index contributed by atoms with van der Waals surface area (Å²) in [6.07, 6.45) is 6.56. The average Bonchev–Trinajstić information content (AvgIpc) is 3.16. The zero-order chi connectivity index (χ0) is 14.5. The highest BCUT2D eigenvalue weighted by atomic mass is 79.9. The molecule has 0 aliphatic heterocycles. The van der Waals surface area contributed by atoms with Crippen molar-refractivity contribution in [1.82, 2.24) is 9.88 Å². The first-order chi connectivity index (χ1) is 9.58. The van der Waals surface area contributed by atoms with E-state index in [0.717, 1.165) is 29.6 Å². The number of unbranched alkanes of at least 4 members (excludes halogenated alkanes) is 1. The second-order valence-electron chi connectivity index (χ2n) is 5.56. The van der Waals surface area contributed by atoms with Gasteiger partial charge < -0.3 is 14.6 Å². The van der Waals surface area contributed by atoms with Crippen molar-refractivity contribution in [3.63, 3.8) is 0 Å². The van der Waals surface area contributed by atoms with Crippen LogP contribution in [0.15, 0.2) is 16.7 Å². The zero-order valence-electron chi connectivity index (χ0n) is 12.2. The van der Waals surface area contributed by atoms with Crippen LogP contribution in [0.5, 0.6) is 0 Å². The summed E-state index contributed by atoms with van der Waals surface area (Å²) >= 11 is 3.45. The zero-order valence-corrected chi connectivity index (χ0v) is 13.8. The van der Waals surface area contributed by atoms with Gasteiger partial charge in [-0.25, -0.2) is 0 Å². The van der Waals surface area contributed by atoms with Gasteiger partial charge in [0.25, 0.3) is 5.91 Å². The number of rotatable bonds is 8. The van der Waals surface area contributed by atoms with Crippen molar-refractivity contribution in [3.8, 4) is 0 Å². The molecule has 1 amide bonds. The summed E-state index contributed by atoms with van der Waals surface area (Å²) in [4.78, 5) is 12.2. The van der Waals surface area contributed by atoms with E-state index in [2.05, 4.69) is 25.8 Å². The van der Waals surface area contributed by atoms with Gasteiger partial charge >= 0.3 is 0 Å². The van der Waals surface area contributed by atoms with Crippen molar-refractivity contribution in [2.24, 2.45) is 0 Å². The van der Waals surface area contributed by atoms with Crippen LogP contribution >= 0.6 is 15.9 Å². The second-order valence-corrected chi connectivity index (χ2v) is 6.48. The van der Waals surface area contributed by atoms with Crippen molar-refractivity contribution < 1.29 is 9.53 Å². The first-order valence-corrected chi connectivity index (χ1v) is 8.14. The van der Waals surface area contributed by atoms with Crippen LogP contribution in [0, 0.1) is 0 Å². The summed E-state index contributed by atoms with van der Waals surface area (Å²) in [5, 5.41) is 2.99. The number of carbonyl (C=O) groups excluding carboxylic acids is 1. The smallest absolute Gasteiger partial charge is 0.267 e. The summed E-state index contributed by atoms with van der Waals surface area (Å²) in [5.74, 6) is 0.0207. The van der Waals surface area contributed by atoms with Crippen molar-refractivity contribution in [3.05, 3.63) is 22.4 Å². The molecule has 1 aromatic rings. The van der Waals surface area contributed by atoms with E-state index in [-0.39, 0.29) is 12.0 Å². The highest BCUT2D eigenvalue weighted by molar-refractivity contribution is 9.10. The summed E-state index contributed by atoms with van der Waals surface area (Å²) in [7, 11) is 0. The number of halogens is 1.